The van der Waals surface area contributed by atoms with Gasteiger partial charge in [0.05, 0.1) is 23.0 Å². The third-order valence-electron chi connectivity index (χ3n) is 5.01. The van der Waals surface area contributed by atoms with Crippen molar-refractivity contribution in [2.45, 2.75) is 36.7 Å². The van der Waals surface area contributed by atoms with Crippen molar-refractivity contribution in [3.63, 3.8) is 0 Å². The van der Waals surface area contributed by atoms with Crippen LogP contribution in [0.2, 0.25) is 0 Å². The first-order valence-electron chi connectivity index (χ1n) is 9.11. The van der Waals surface area contributed by atoms with Gasteiger partial charge in [-0.15, -0.1) is 0 Å². The SMILES string of the molecule is O=C(O)c1ccc(S(=O)(=O)N2CCN(C(=O)CC3CCCCO3)CC2)cc1. The molecule has 2 heterocycles. The number of hydrogen-bond donors (Lipinski definition) is 1. The summed E-state index contributed by atoms with van der Waals surface area (Å²) in [7, 11) is -3.70. The Morgan fingerprint density at radius 2 is 1.74 bits per heavy atom. The maximum atomic E-state index is 12.7. The molecular weight excluding hydrogens is 372 g/mol. The second-order valence-electron chi connectivity index (χ2n) is 6.81. The van der Waals surface area contributed by atoms with Crippen LogP contribution in [0.5, 0.6) is 0 Å². The topological polar surface area (TPSA) is 104 Å². The molecule has 148 valence electrons. The molecule has 1 atom stereocenters. The molecule has 1 amide bonds. The van der Waals surface area contributed by atoms with E-state index in [1.165, 1.54) is 28.6 Å². The molecule has 2 fully saturated rings. The summed E-state index contributed by atoms with van der Waals surface area (Å²) < 4.78 is 32.4. The zero-order valence-corrected chi connectivity index (χ0v) is 15.9. The van der Waals surface area contributed by atoms with Crippen LogP contribution in [-0.4, -0.2) is 73.5 Å². The minimum Gasteiger partial charge on any atom is -0.478 e. The van der Waals surface area contributed by atoms with Crippen molar-refractivity contribution in [2.24, 2.45) is 0 Å². The summed E-state index contributed by atoms with van der Waals surface area (Å²) in [5.41, 5.74) is 0.0364. The van der Waals surface area contributed by atoms with Crippen molar-refractivity contribution >= 4 is 21.9 Å². The van der Waals surface area contributed by atoms with E-state index in [0.29, 0.717) is 26.1 Å². The fourth-order valence-corrected chi connectivity index (χ4v) is 4.81. The molecule has 0 radical (unpaired) electrons. The Kier molecular flexibility index (Phi) is 6.13. The van der Waals surface area contributed by atoms with E-state index in [1.54, 1.807) is 4.90 Å². The molecule has 0 spiro atoms. The average molecular weight is 396 g/mol. The average Bonchev–Trinajstić information content (AvgIpc) is 2.69. The van der Waals surface area contributed by atoms with E-state index < -0.39 is 16.0 Å². The number of aromatic carboxylic acids is 1. The van der Waals surface area contributed by atoms with E-state index in [9.17, 15) is 18.0 Å². The van der Waals surface area contributed by atoms with E-state index in [1.807, 2.05) is 0 Å². The molecule has 27 heavy (non-hydrogen) atoms. The predicted octanol–water partition coefficient (Wildman–Crippen LogP) is 1.18. The zero-order valence-electron chi connectivity index (χ0n) is 15.0. The van der Waals surface area contributed by atoms with Crippen LogP contribution in [0.3, 0.4) is 0 Å². The maximum absolute atomic E-state index is 12.7. The number of hydrogen-bond acceptors (Lipinski definition) is 5. The highest BCUT2D eigenvalue weighted by Gasteiger charge is 2.31. The van der Waals surface area contributed by atoms with Gasteiger partial charge in [0.15, 0.2) is 0 Å². The largest absolute Gasteiger partial charge is 0.478 e. The van der Waals surface area contributed by atoms with Crippen LogP contribution in [0, 0.1) is 0 Å². The lowest BCUT2D eigenvalue weighted by molar-refractivity contribution is -0.136. The molecule has 1 aromatic rings. The Morgan fingerprint density at radius 3 is 2.30 bits per heavy atom. The van der Waals surface area contributed by atoms with Crippen molar-refractivity contribution < 1.29 is 27.9 Å². The number of sulfonamides is 1. The maximum Gasteiger partial charge on any atom is 0.335 e. The first-order chi connectivity index (χ1) is 12.9. The number of carbonyl (C=O) groups excluding carboxylic acids is 1. The molecular formula is C18H24N2O6S. The lowest BCUT2D eigenvalue weighted by Gasteiger charge is -2.35. The van der Waals surface area contributed by atoms with Gasteiger partial charge in [0, 0.05) is 32.8 Å². The van der Waals surface area contributed by atoms with Crippen molar-refractivity contribution in [1.29, 1.82) is 0 Å². The molecule has 1 N–H and O–H groups in total. The van der Waals surface area contributed by atoms with Gasteiger partial charge in [-0.1, -0.05) is 0 Å². The van der Waals surface area contributed by atoms with Gasteiger partial charge >= 0.3 is 5.97 Å². The highest BCUT2D eigenvalue weighted by Crippen LogP contribution is 2.20. The molecule has 9 heteroatoms. The van der Waals surface area contributed by atoms with Crippen molar-refractivity contribution in [1.82, 2.24) is 9.21 Å². The van der Waals surface area contributed by atoms with Gasteiger partial charge < -0.3 is 14.7 Å². The van der Waals surface area contributed by atoms with Crippen LogP contribution in [0.4, 0.5) is 0 Å². The molecule has 0 aliphatic carbocycles. The molecule has 0 saturated carbocycles. The third-order valence-corrected chi connectivity index (χ3v) is 6.92. The van der Waals surface area contributed by atoms with Crippen molar-refractivity contribution in [3.05, 3.63) is 29.8 Å². The number of carboxylic acid groups (broad SMARTS) is 1. The Bertz CT molecular complexity index is 779. The Morgan fingerprint density at radius 1 is 1.07 bits per heavy atom. The number of carbonyl (C=O) groups is 2. The lowest BCUT2D eigenvalue weighted by Crippen LogP contribution is -2.51. The van der Waals surface area contributed by atoms with Gasteiger partial charge in [0.2, 0.25) is 15.9 Å². The first-order valence-corrected chi connectivity index (χ1v) is 10.5. The highest BCUT2D eigenvalue weighted by molar-refractivity contribution is 7.89. The normalized spacial score (nSPS) is 21.8. The van der Waals surface area contributed by atoms with Gasteiger partial charge in [-0.05, 0) is 43.5 Å². The standard InChI is InChI=1S/C18H24N2O6S/c21-17(13-15-3-1-2-12-26-15)19-8-10-20(11-9-19)27(24,25)16-6-4-14(5-7-16)18(22)23/h4-7,15H,1-3,8-13H2,(H,22,23). The number of nitrogens with zero attached hydrogens (tertiary/aromatic N) is 2. The Labute approximate surface area is 158 Å². The van der Waals surface area contributed by atoms with Crippen LogP contribution in [0.1, 0.15) is 36.0 Å². The molecule has 0 aromatic heterocycles. The fraction of sp³-hybridized carbons (Fsp3) is 0.556. The van der Waals surface area contributed by atoms with Gasteiger partial charge in [-0.2, -0.15) is 4.31 Å². The first kappa shape index (κ1) is 19.8. The molecule has 8 nitrogen and oxygen atoms in total. The van der Waals surface area contributed by atoms with E-state index in [0.717, 1.165) is 19.3 Å². The van der Waals surface area contributed by atoms with Gasteiger partial charge in [0.1, 0.15) is 0 Å². The fourth-order valence-electron chi connectivity index (χ4n) is 3.39. The van der Waals surface area contributed by atoms with Crippen LogP contribution in [0.25, 0.3) is 0 Å². The zero-order chi connectivity index (χ0) is 19.4. The number of carboxylic acids is 1. The molecule has 1 aromatic carbocycles. The summed E-state index contributed by atoms with van der Waals surface area (Å²) in [4.78, 5) is 25.1. The molecule has 1 unspecified atom stereocenters. The second kappa shape index (κ2) is 8.37. The van der Waals surface area contributed by atoms with E-state index in [2.05, 4.69) is 0 Å². The number of ether oxygens (including phenoxy) is 1. The summed E-state index contributed by atoms with van der Waals surface area (Å²) in [5.74, 6) is -1.10. The van der Waals surface area contributed by atoms with E-state index >= 15 is 0 Å². The summed E-state index contributed by atoms with van der Waals surface area (Å²) in [6, 6.07) is 5.16. The predicted molar refractivity (Wildman–Crippen MR) is 96.9 cm³/mol. The van der Waals surface area contributed by atoms with Crippen molar-refractivity contribution in [2.75, 3.05) is 32.8 Å². The molecule has 2 aliphatic rings. The molecule has 3 rings (SSSR count). The Balaban J connectivity index is 1.57. The van der Waals surface area contributed by atoms with Crippen LogP contribution in [-0.2, 0) is 19.6 Å². The summed E-state index contributed by atoms with van der Waals surface area (Å²) >= 11 is 0. The quantitative estimate of drug-likeness (QED) is 0.801. The van der Waals surface area contributed by atoms with Crippen LogP contribution < -0.4 is 0 Å². The number of amides is 1. The molecule has 2 saturated heterocycles. The van der Waals surface area contributed by atoms with Crippen LogP contribution in [0.15, 0.2) is 29.2 Å². The van der Waals surface area contributed by atoms with E-state index in [-0.39, 0.29) is 35.6 Å². The smallest absolute Gasteiger partial charge is 0.335 e. The number of rotatable bonds is 5. The van der Waals surface area contributed by atoms with Crippen LogP contribution >= 0.6 is 0 Å². The van der Waals surface area contributed by atoms with Gasteiger partial charge in [-0.25, -0.2) is 13.2 Å². The summed E-state index contributed by atoms with van der Waals surface area (Å²) in [6.07, 6.45) is 3.33. The minimum absolute atomic E-state index is 0.00441. The second-order valence-corrected chi connectivity index (χ2v) is 8.75. The third kappa shape index (κ3) is 4.66. The number of benzene rings is 1. The summed E-state index contributed by atoms with van der Waals surface area (Å²) in [5, 5.41) is 8.92. The molecule has 2 aliphatic heterocycles. The van der Waals surface area contributed by atoms with Gasteiger partial charge in [0.25, 0.3) is 0 Å². The van der Waals surface area contributed by atoms with Crippen molar-refractivity contribution in [3.8, 4) is 0 Å². The van der Waals surface area contributed by atoms with E-state index in [4.69, 9.17) is 9.84 Å². The van der Waals surface area contributed by atoms with Gasteiger partial charge in [-0.3, -0.25) is 4.79 Å². The lowest BCUT2D eigenvalue weighted by atomic mass is 10.1. The summed E-state index contributed by atoms with van der Waals surface area (Å²) in [6.45, 7) is 1.83. The monoisotopic (exact) mass is 396 g/mol. The molecule has 0 bridgehead atoms. The Hall–Kier alpha value is -1.97. The minimum atomic E-state index is -3.70. The highest BCUT2D eigenvalue weighted by atomic mass is 32.2. The number of piperazine rings is 1.